The number of anilines is 1. The highest BCUT2D eigenvalue weighted by molar-refractivity contribution is 5.93. The van der Waals surface area contributed by atoms with Gasteiger partial charge in [-0.15, -0.1) is 0 Å². The molecule has 1 aromatic heterocycles. The highest BCUT2D eigenvalue weighted by Crippen LogP contribution is 2.22. The number of nitrogens with zero attached hydrogens (tertiary/aromatic N) is 2. The average molecular weight is 353 g/mol. The number of pyridine rings is 1. The van der Waals surface area contributed by atoms with Gasteiger partial charge in [0.25, 0.3) is 0 Å². The second-order valence-electron chi connectivity index (χ2n) is 5.99. The van der Waals surface area contributed by atoms with E-state index in [9.17, 15) is 9.59 Å². The van der Waals surface area contributed by atoms with Crippen LogP contribution in [0.3, 0.4) is 0 Å². The molecule has 0 spiro atoms. The van der Waals surface area contributed by atoms with Gasteiger partial charge in [0.2, 0.25) is 5.91 Å². The molecule has 2 aromatic rings. The summed E-state index contributed by atoms with van der Waals surface area (Å²) in [7, 11) is 1.62. The third-order valence-electron chi connectivity index (χ3n) is 3.99. The summed E-state index contributed by atoms with van der Waals surface area (Å²) < 4.78 is 5.16. The van der Waals surface area contributed by atoms with E-state index in [1.165, 1.54) is 12.3 Å². The van der Waals surface area contributed by atoms with Crippen LogP contribution in [-0.2, 0) is 22.7 Å². The zero-order valence-corrected chi connectivity index (χ0v) is 14.3. The monoisotopic (exact) mass is 353 g/mol. The maximum Gasteiger partial charge on any atom is 0.328 e. The summed E-state index contributed by atoms with van der Waals surface area (Å²) in [6, 6.07) is 9.54. The second-order valence-corrected chi connectivity index (χ2v) is 5.99. The zero-order valence-electron chi connectivity index (χ0n) is 14.3. The molecule has 1 aliphatic rings. The number of hydrogen-bond acceptors (Lipinski definition) is 5. The summed E-state index contributed by atoms with van der Waals surface area (Å²) >= 11 is 0. The smallest absolute Gasteiger partial charge is 0.328 e. The van der Waals surface area contributed by atoms with Crippen molar-refractivity contribution in [1.82, 2.24) is 9.88 Å². The van der Waals surface area contributed by atoms with Gasteiger partial charge in [-0.2, -0.15) is 0 Å². The number of carbonyl (C=O) groups is 2. The zero-order chi connectivity index (χ0) is 18.5. The van der Waals surface area contributed by atoms with Gasteiger partial charge in [0, 0.05) is 30.9 Å². The number of aliphatic carboxylic acids is 1. The third kappa shape index (κ3) is 4.46. The lowest BCUT2D eigenvalue weighted by molar-refractivity contribution is -0.131. The highest BCUT2D eigenvalue weighted by atomic mass is 16.5. The molecule has 7 heteroatoms. The van der Waals surface area contributed by atoms with Gasteiger partial charge in [-0.25, -0.2) is 9.78 Å². The van der Waals surface area contributed by atoms with E-state index < -0.39 is 5.97 Å². The Labute approximate surface area is 150 Å². The molecule has 1 aromatic carbocycles. The molecule has 3 rings (SSSR count). The normalized spacial score (nSPS) is 14.6. The molecule has 7 nitrogen and oxygen atoms in total. The van der Waals surface area contributed by atoms with Crippen molar-refractivity contribution in [2.24, 2.45) is 0 Å². The minimum atomic E-state index is -1.02. The van der Waals surface area contributed by atoms with E-state index in [0.717, 1.165) is 23.0 Å². The van der Waals surface area contributed by atoms with Crippen LogP contribution in [0.2, 0.25) is 0 Å². The number of methoxy groups -OCH3 is 1. The number of rotatable bonds is 5. The van der Waals surface area contributed by atoms with Gasteiger partial charge < -0.3 is 15.2 Å². The fourth-order valence-electron chi connectivity index (χ4n) is 2.79. The first-order valence-corrected chi connectivity index (χ1v) is 8.08. The number of amides is 1. The van der Waals surface area contributed by atoms with Crippen LogP contribution in [0.4, 0.5) is 5.82 Å². The first kappa shape index (κ1) is 17.6. The highest BCUT2D eigenvalue weighted by Gasteiger charge is 2.20. The lowest BCUT2D eigenvalue weighted by Crippen LogP contribution is -2.29. The molecule has 0 unspecified atom stereocenters. The number of aromatic nitrogens is 1. The van der Waals surface area contributed by atoms with Crippen molar-refractivity contribution in [3.8, 4) is 5.75 Å². The topological polar surface area (TPSA) is 91.8 Å². The maximum atomic E-state index is 12.1. The number of carbonyl (C=O) groups excluding carboxylic acids is 1. The molecule has 0 radical (unpaired) electrons. The quantitative estimate of drug-likeness (QED) is 0.800. The van der Waals surface area contributed by atoms with Crippen molar-refractivity contribution in [3.63, 3.8) is 0 Å². The Hall–Kier alpha value is -3.19. The third-order valence-corrected chi connectivity index (χ3v) is 3.99. The van der Waals surface area contributed by atoms with Gasteiger partial charge in [0.05, 0.1) is 13.7 Å². The van der Waals surface area contributed by atoms with Crippen molar-refractivity contribution in [3.05, 3.63) is 59.3 Å². The first-order valence-electron chi connectivity index (χ1n) is 8.08. The molecular formula is C19H19N3O4. The molecule has 0 bridgehead atoms. The Balaban J connectivity index is 1.80. The number of nitrogens with one attached hydrogen (secondary N) is 1. The molecule has 2 heterocycles. The number of carboxylic acids is 1. The fraction of sp³-hybridized carbons (Fsp3) is 0.211. The molecule has 134 valence electrons. The van der Waals surface area contributed by atoms with Gasteiger partial charge in [-0.1, -0.05) is 12.1 Å². The number of hydrogen-bond donors (Lipinski definition) is 2. The largest absolute Gasteiger partial charge is 0.497 e. The van der Waals surface area contributed by atoms with Crippen LogP contribution in [0.25, 0.3) is 6.08 Å². The summed E-state index contributed by atoms with van der Waals surface area (Å²) in [6.45, 7) is 1.39. The van der Waals surface area contributed by atoms with Crippen molar-refractivity contribution < 1.29 is 19.4 Å². The summed E-state index contributed by atoms with van der Waals surface area (Å²) in [5, 5.41) is 11.6. The minimum absolute atomic E-state index is 0.126. The van der Waals surface area contributed by atoms with Gasteiger partial charge in [0.1, 0.15) is 11.6 Å². The van der Waals surface area contributed by atoms with E-state index in [-0.39, 0.29) is 12.5 Å². The number of benzene rings is 1. The molecule has 1 aliphatic heterocycles. The van der Waals surface area contributed by atoms with E-state index in [0.29, 0.717) is 24.5 Å². The number of fused-ring (bicyclic) bond motifs is 1. The molecule has 0 saturated heterocycles. The van der Waals surface area contributed by atoms with Crippen molar-refractivity contribution in [1.29, 1.82) is 0 Å². The van der Waals surface area contributed by atoms with Crippen LogP contribution < -0.4 is 10.1 Å². The van der Waals surface area contributed by atoms with Gasteiger partial charge >= 0.3 is 5.97 Å². The standard InChI is InChI=1S/C19H19N3O4/c1-26-16-5-2-13(3-6-16)10-22-11-15-8-14(4-7-18(24)25)9-20-19(15)21-17(23)12-22/h2-9H,10-12H2,1H3,(H,24,25)(H,20,21,23)/b7-4+. The van der Waals surface area contributed by atoms with E-state index in [1.54, 1.807) is 7.11 Å². The molecule has 0 fully saturated rings. The predicted octanol–water partition coefficient (Wildman–Crippen LogP) is 2.14. The summed E-state index contributed by atoms with van der Waals surface area (Å²) in [4.78, 5) is 29.1. The maximum absolute atomic E-state index is 12.1. The summed E-state index contributed by atoms with van der Waals surface area (Å²) in [5.74, 6) is 0.152. The summed E-state index contributed by atoms with van der Waals surface area (Å²) in [5.41, 5.74) is 2.58. The lowest BCUT2D eigenvalue weighted by atomic mass is 10.1. The van der Waals surface area contributed by atoms with Crippen molar-refractivity contribution >= 4 is 23.8 Å². The molecule has 1 amide bonds. The van der Waals surface area contributed by atoms with E-state index in [4.69, 9.17) is 9.84 Å². The minimum Gasteiger partial charge on any atom is -0.497 e. The van der Waals surface area contributed by atoms with Crippen LogP contribution in [-0.4, -0.2) is 40.5 Å². The van der Waals surface area contributed by atoms with Gasteiger partial charge in [0.15, 0.2) is 0 Å². The van der Waals surface area contributed by atoms with Crippen LogP contribution in [0.1, 0.15) is 16.7 Å². The first-order chi connectivity index (χ1) is 12.5. The molecular weight excluding hydrogens is 334 g/mol. The fourth-order valence-corrected chi connectivity index (χ4v) is 2.79. The van der Waals surface area contributed by atoms with E-state index in [2.05, 4.69) is 10.3 Å². The SMILES string of the molecule is COc1ccc(CN2CC(=O)Nc3ncc(/C=C/C(=O)O)cc3C2)cc1. The molecule has 0 saturated carbocycles. The molecule has 2 N–H and O–H groups in total. The Kier molecular flexibility index (Phi) is 5.28. The average Bonchev–Trinajstić information content (AvgIpc) is 2.77. The molecule has 0 aliphatic carbocycles. The Morgan fingerprint density at radius 3 is 2.81 bits per heavy atom. The summed E-state index contributed by atoms with van der Waals surface area (Å²) in [6.07, 6.45) is 4.08. The molecule has 0 atom stereocenters. The Morgan fingerprint density at radius 2 is 2.12 bits per heavy atom. The van der Waals surface area contributed by atoms with Gasteiger partial charge in [-0.3, -0.25) is 9.69 Å². The van der Waals surface area contributed by atoms with Crippen LogP contribution in [0, 0.1) is 0 Å². The lowest BCUT2D eigenvalue weighted by Gasteiger charge is -2.19. The number of ether oxygens (including phenoxy) is 1. The number of carboxylic acid groups (broad SMARTS) is 1. The van der Waals surface area contributed by atoms with Crippen molar-refractivity contribution in [2.45, 2.75) is 13.1 Å². The molecule has 26 heavy (non-hydrogen) atoms. The Bertz CT molecular complexity index is 846. The van der Waals surface area contributed by atoms with E-state index >= 15 is 0 Å². The van der Waals surface area contributed by atoms with Crippen molar-refractivity contribution in [2.75, 3.05) is 19.0 Å². The van der Waals surface area contributed by atoms with Gasteiger partial charge in [-0.05, 0) is 35.4 Å². The van der Waals surface area contributed by atoms with Crippen LogP contribution in [0.5, 0.6) is 5.75 Å². The Morgan fingerprint density at radius 1 is 1.35 bits per heavy atom. The van der Waals surface area contributed by atoms with E-state index in [1.807, 2.05) is 35.2 Å². The van der Waals surface area contributed by atoms with Crippen LogP contribution in [0.15, 0.2) is 42.6 Å². The van der Waals surface area contributed by atoms with Crippen LogP contribution >= 0.6 is 0 Å². The second kappa shape index (κ2) is 7.79. The predicted molar refractivity (Wildman–Crippen MR) is 96.6 cm³/mol.